The molecule has 21 heavy (non-hydrogen) atoms. The smallest absolute Gasteiger partial charge is 0.178 e. The molecule has 0 aliphatic carbocycles. The highest BCUT2D eigenvalue weighted by Crippen LogP contribution is 2.24. The standard InChI is InChI=1S/C14H21N5S2/c1-14(2,3)13-17-16-12-5-4-11(18-19(12)13)15-8-10-9-20-6-7-21-10/h4-5,10H,6-9H2,1-3H3,(H,15,18)/t10-/m1/s1. The first-order valence-electron chi connectivity index (χ1n) is 7.20. The second kappa shape index (κ2) is 6.04. The summed E-state index contributed by atoms with van der Waals surface area (Å²) in [5, 5.41) is 17.2. The molecule has 1 N–H and O–H groups in total. The summed E-state index contributed by atoms with van der Waals surface area (Å²) in [6.45, 7) is 7.34. The van der Waals surface area contributed by atoms with Crippen molar-refractivity contribution in [3.8, 4) is 0 Å². The molecule has 1 aliphatic rings. The number of fused-ring (bicyclic) bond motifs is 1. The van der Waals surface area contributed by atoms with Gasteiger partial charge in [-0.05, 0) is 12.1 Å². The number of aromatic nitrogens is 4. The van der Waals surface area contributed by atoms with Crippen LogP contribution in [0, 0.1) is 0 Å². The van der Waals surface area contributed by atoms with Crippen LogP contribution >= 0.6 is 23.5 Å². The summed E-state index contributed by atoms with van der Waals surface area (Å²) in [5.74, 6) is 5.54. The number of nitrogens with zero attached hydrogens (tertiary/aromatic N) is 4. The zero-order chi connectivity index (χ0) is 14.9. The van der Waals surface area contributed by atoms with Crippen LogP contribution in [0.3, 0.4) is 0 Å². The SMILES string of the molecule is CC(C)(C)c1nnc2ccc(NC[C@@H]3CSCCS3)nn12. The Bertz CT molecular complexity index is 613. The van der Waals surface area contributed by atoms with Gasteiger partial charge in [0.15, 0.2) is 11.5 Å². The van der Waals surface area contributed by atoms with Crippen molar-refractivity contribution in [2.75, 3.05) is 29.1 Å². The van der Waals surface area contributed by atoms with Gasteiger partial charge in [0.25, 0.3) is 0 Å². The fourth-order valence-electron chi connectivity index (χ4n) is 2.22. The average molecular weight is 323 g/mol. The number of nitrogens with one attached hydrogen (secondary N) is 1. The molecule has 0 radical (unpaired) electrons. The average Bonchev–Trinajstić information content (AvgIpc) is 2.89. The number of thioether (sulfide) groups is 2. The lowest BCUT2D eigenvalue weighted by atomic mass is 9.96. The summed E-state index contributed by atoms with van der Waals surface area (Å²) in [4.78, 5) is 0. The zero-order valence-corrected chi connectivity index (χ0v) is 14.3. The molecule has 0 amide bonds. The van der Waals surface area contributed by atoms with Crippen LogP contribution < -0.4 is 5.32 Å². The minimum atomic E-state index is -0.0685. The molecule has 7 heteroatoms. The maximum atomic E-state index is 4.65. The van der Waals surface area contributed by atoms with Gasteiger partial charge >= 0.3 is 0 Å². The Morgan fingerprint density at radius 3 is 2.86 bits per heavy atom. The van der Waals surface area contributed by atoms with Gasteiger partial charge in [0.1, 0.15) is 5.82 Å². The third-order valence-corrected chi connectivity index (χ3v) is 6.17. The van der Waals surface area contributed by atoms with Crippen LogP contribution in [0.15, 0.2) is 12.1 Å². The van der Waals surface area contributed by atoms with E-state index in [1.165, 1.54) is 17.3 Å². The lowest BCUT2D eigenvalue weighted by molar-refractivity contribution is 0.527. The van der Waals surface area contributed by atoms with Gasteiger partial charge in [-0.1, -0.05) is 20.8 Å². The van der Waals surface area contributed by atoms with E-state index >= 15 is 0 Å². The van der Waals surface area contributed by atoms with E-state index < -0.39 is 0 Å². The quantitative estimate of drug-likeness (QED) is 0.937. The Labute approximate surface area is 133 Å². The van der Waals surface area contributed by atoms with Crippen LogP contribution in [0.2, 0.25) is 0 Å². The van der Waals surface area contributed by atoms with Crippen molar-refractivity contribution in [2.45, 2.75) is 31.4 Å². The van der Waals surface area contributed by atoms with Crippen LogP contribution in [-0.2, 0) is 5.41 Å². The van der Waals surface area contributed by atoms with E-state index in [2.05, 4.69) is 53.1 Å². The molecule has 3 heterocycles. The first kappa shape index (κ1) is 15.0. The number of hydrogen-bond acceptors (Lipinski definition) is 6. The molecule has 5 nitrogen and oxygen atoms in total. The van der Waals surface area contributed by atoms with Crippen molar-refractivity contribution in [3.63, 3.8) is 0 Å². The van der Waals surface area contributed by atoms with E-state index in [0.29, 0.717) is 5.25 Å². The summed E-state index contributed by atoms with van der Waals surface area (Å²) in [5.41, 5.74) is 0.731. The summed E-state index contributed by atoms with van der Waals surface area (Å²) in [6, 6.07) is 3.96. The van der Waals surface area contributed by atoms with E-state index in [0.717, 1.165) is 23.8 Å². The van der Waals surface area contributed by atoms with Crippen LogP contribution in [0.4, 0.5) is 5.82 Å². The Hall–Kier alpha value is -0.950. The number of hydrogen-bond donors (Lipinski definition) is 1. The Morgan fingerprint density at radius 1 is 1.29 bits per heavy atom. The highest BCUT2D eigenvalue weighted by atomic mass is 32.2. The lowest BCUT2D eigenvalue weighted by Gasteiger charge is -2.21. The predicted molar refractivity (Wildman–Crippen MR) is 91.5 cm³/mol. The molecule has 2 aromatic rings. The Balaban J connectivity index is 1.76. The molecular weight excluding hydrogens is 302 g/mol. The van der Waals surface area contributed by atoms with E-state index in [4.69, 9.17) is 0 Å². The molecule has 0 bridgehead atoms. The normalized spacial score (nSPS) is 19.9. The van der Waals surface area contributed by atoms with Crippen LogP contribution in [0.1, 0.15) is 26.6 Å². The summed E-state index contributed by atoms with van der Waals surface area (Å²) in [6.07, 6.45) is 0. The number of rotatable bonds is 3. The highest BCUT2D eigenvalue weighted by Gasteiger charge is 2.22. The minimum Gasteiger partial charge on any atom is -0.367 e. The molecule has 3 rings (SSSR count). The second-order valence-corrected chi connectivity index (χ2v) is 8.77. The molecule has 0 aromatic carbocycles. The first-order chi connectivity index (χ1) is 10.0. The van der Waals surface area contributed by atoms with Crippen LogP contribution in [0.25, 0.3) is 5.65 Å². The van der Waals surface area contributed by atoms with Crippen molar-refractivity contribution in [2.24, 2.45) is 0 Å². The lowest BCUT2D eigenvalue weighted by Crippen LogP contribution is -2.24. The van der Waals surface area contributed by atoms with Gasteiger partial charge in [-0.25, -0.2) is 0 Å². The maximum Gasteiger partial charge on any atom is 0.178 e. The van der Waals surface area contributed by atoms with Gasteiger partial charge in [-0.15, -0.1) is 15.3 Å². The molecule has 0 saturated carbocycles. The third-order valence-electron chi connectivity index (χ3n) is 3.33. The second-order valence-electron chi connectivity index (χ2n) is 6.21. The van der Waals surface area contributed by atoms with Crippen molar-refractivity contribution in [1.29, 1.82) is 0 Å². The van der Waals surface area contributed by atoms with Gasteiger partial charge in [0, 0.05) is 34.5 Å². The van der Waals surface area contributed by atoms with Crippen LogP contribution in [-0.4, -0.2) is 48.9 Å². The van der Waals surface area contributed by atoms with E-state index in [-0.39, 0.29) is 5.41 Å². The minimum absolute atomic E-state index is 0.0685. The van der Waals surface area contributed by atoms with Crippen molar-refractivity contribution >= 4 is 35.0 Å². The molecule has 0 spiro atoms. The summed E-state index contributed by atoms with van der Waals surface area (Å²) >= 11 is 4.09. The fraction of sp³-hybridized carbons (Fsp3) is 0.643. The van der Waals surface area contributed by atoms with E-state index in [9.17, 15) is 0 Å². The molecular formula is C14H21N5S2. The van der Waals surface area contributed by atoms with Crippen molar-refractivity contribution < 1.29 is 0 Å². The molecule has 114 valence electrons. The van der Waals surface area contributed by atoms with Crippen LogP contribution in [0.5, 0.6) is 0 Å². The van der Waals surface area contributed by atoms with Gasteiger partial charge in [-0.3, -0.25) is 0 Å². The molecule has 1 saturated heterocycles. The van der Waals surface area contributed by atoms with Gasteiger partial charge in [-0.2, -0.15) is 28.0 Å². The number of anilines is 1. The maximum absolute atomic E-state index is 4.65. The first-order valence-corrected chi connectivity index (χ1v) is 9.40. The highest BCUT2D eigenvalue weighted by molar-refractivity contribution is 8.06. The van der Waals surface area contributed by atoms with Gasteiger partial charge in [0.05, 0.1) is 0 Å². The monoisotopic (exact) mass is 323 g/mol. The molecule has 0 unspecified atom stereocenters. The van der Waals surface area contributed by atoms with E-state index in [1.54, 1.807) is 0 Å². The molecule has 2 aromatic heterocycles. The summed E-state index contributed by atoms with van der Waals surface area (Å²) < 4.78 is 1.85. The topological polar surface area (TPSA) is 55.1 Å². The third kappa shape index (κ3) is 3.45. The fourth-order valence-corrected chi connectivity index (χ4v) is 4.84. The Kier molecular flexibility index (Phi) is 4.31. The molecule has 1 fully saturated rings. The Morgan fingerprint density at radius 2 is 2.14 bits per heavy atom. The van der Waals surface area contributed by atoms with E-state index in [1.807, 2.05) is 28.4 Å². The summed E-state index contributed by atoms with van der Waals surface area (Å²) in [7, 11) is 0. The molecule has 1 aliphatic heterocycles. The largest absolute Gasteiger partial charge is 0.367 e. The van der Waals surface area contributed by atoms with Gasteiger partial charge in [0.2, 0.25) is 0 Å². The van der Waals surface area contributed by atoms with Crippen molar-refractivity contribution in [1.82, 2.24) is 19.8 Å². The zero-order valence-electron chi connectivity index (χ0n) is 12.7. The predicted octanol–water partition coefficient (Wildman–Crippen LogP) is 2.68. The van der Waals surface area contributed by atoms with Crippen molar-refractivity contribution in [3.05, 3.63) is 18.0 Å². The molecule has 1 atom stereocenters. The van der Waals surface area contributed by atoms with Gasteiger partial charge < -0.3 is 5.32 Å².